The molecule has 3 aromatic rings. The smallest absolute Gasteiger partial charge is 0.238 e. The summed E-state index contributed by atoms with van der Waals surface area (Å²) in [5.74, 6) is -0.0318. The zero-order chi connectivity index (χ0) is 19.3. The second kappa shape index (κ2) is 8.35. The fourth-order valence-electron chi connectivity index (χ4n) is 3.77. The van der Waals surface area contributed by atoms with E-state index in [2.05, 4.69) is 26.3 Å². The van der Waals surface area contributed by atoms with Gasteiger partial charge < -0.3 is 10.2 Å². The van der Waals surface area contributed by atoms with Gasteiger partial charge in [0.25, 0.3) is 0 Å². The van der Waals surface area contributed by atoms with E-state index in [9.17, 15) is 4.79 Å². The third-order valence-electron chi connectivity index (χ3n) is 5.08. The Balaban J connectivity index is 1.48. The van der Waals surface area contributed by atoms with Gasteiger partial charge in [-0.15, -0.1) is 0 Å². The number of nitrogens with zero attached hydrogens (tertiary/aromatic N) is 4. The number of benzene rings is 1. The first kappa shape index (κ1) is 18.4. The van der Waals surface area contributed by atoms with Gasteiger partial charge in [-0.1, -0.05) is 0 Å². The zero-order valence-corrected chi connectivity index (χ0v) is 16.1. The topological polar surface area (TPSA) is 61.4 Å². The van der Waals surface area contributed by atoms with Crippen LogP contribution >= 0.6 is 0 Å². The molecule has 1 saturated heterocycles. The van der Waals surface area contributed by atoms with Crippen LogP contribution in [0.1, 0.15) is 18.4 Å². The third kappa shape index (κ3) is 4.12. The van der Waals surface area contributed by atoms with Gasteiger partial charge in [0.05, 0.1) is 23.4 Å². The predicted molar refractivity (Wildman–Crippen MR) is 112 cm³/mol. The van der Waals surface area contributed by atoms with Crippen LogP contribution in [0.4, 0.5) is 11.4 Å². The molecule has 4 rings (SSSR count). The number of aromatic nitrogens is 2. The van der Waals surface area contributed by atoms with Gasteiger partial charge in [0.1, 0.15) is 0 Å². The number of rotatable bonds is 6. The molecule has 3 heterocycles. The lowest BCUT2D eigenvalue weighted by Gasteiger charge is -2.21. The SMILES string of the molecule is CN(CC(=O)Nc1ccc(N2CCCC2)c2ncccc12)Cc1ccncc1. The Hall–Kier alpha value is -2.99. The standard InChI is InChI=1S/C22H25N5O/c1-26(15-17-8-11-23-12-9-17)16-21(28)25-19-6-7-20(27-13-2-3-14-27)22-18(19)5-4-10-24-22/h4-12H,2-3,13-16H2,1H3,(H,25,28). The number of anilines is 2. The van der Waals surface area contributed by atoms with Gasteiger partial charge in [0, 0.05) is 43.6 Å². The first-order valence-corrected chi connectivity index (χ1v) is 9.71. The molecule has 2 aromatic heterocycles. The Morgan fingerprint density at radius 3 is 2.68 bits per heavy atom. The van der Waals surface area contributed by atoms with E-state index in [0.717, 1.165) is 40.9 Å². The van der Waals surface area contributed by atoms with Crippen molar-refractivity contribution in [3.05, 3.63) is 60.6 Å². The molecule has 0 atom stereocenters. The second-order valence-corrected chi connectivity index (χ2v) is 7.30. The van der Waals surface area contributed by atoms with Crippen molar-refractivity contribution in [2.75, 3.05) is 36.9 Å². The lowest BCUT2D eigenvalue weighted by Crippen LogP contribution is -2.30. The molecule has 6 heteroatoms. The fraction of sp³-hybridized carbons (Fsp3) is 0.318. The number of likely N-dealkylation sites (N-methyl/N-ethyl adjacent to an activating group) is 1. The van der Waals surface area contributed by atoms with Gasteiger partial charge in [-0.05, 0) is 61.9 Å². The average Bonchev–Trinajstić information content (AvgIpc) is 3.23. The maximum absolute atomic E-state index is 12.6. The molecule has 6 nitrogen and oxygen atoms in total. The second-order valence-electron chi connectivity index (χ2n) is 7.30. The van der Waals surface area contributed by atoms with Crippen molar-refractivity contribution < 1.29 is 4.79 Å². The van der Waals surface area contributed by atoms with Crippen LogP contribution < -0.4 is 10.2 Å². The number of carbonyl (C=O) groups is 1. The van der Waals surface area contributed by atoms with Crippen LogP contribution in [0.3, 0.4) is 0 Å². The molecule has 1 aliphatic rings. The van der Waals surface area contributed by atoms with E-state index in [-0.39, 0.29) is 5.91 Å². The summed E-state index contributed by atoms with van der Waals surface area (Å²) < 4.78 is 0. The van der Waals surface area contributed by atoms with Gasteiger partial charge >= 0.3 is 0 Å². The Kier molecular flexibility index (Phi) is 5.48. The molecule has 144 valence electrons. The Bertz CT molecular complexity index is 954. The van der Waals surface area contributed by atoms with Crippen LogP contribution in [0.25, 0.3) is 10.9 Å². The largest absolute Gasteiger partial charge is 0.370 e. The summed E-state index contributed by atoms with van der Waals surface area (Å²) in [6, 6.07) is 11.9. The van der Waals surface area contributed by atoms with Gasteiger partial charge in [0.2, 0.25) is 5.91 Å². The zero-order valence-electron chi connectivity index (χ0n) is 16.1. The van der Waals surface area contributed by atoms with E-state index in [0.29, 0.717) is 13.1 Å². The van der Waals surface area contributed by atoms with Crippen LogP contribution in [0, 0.1) is 0 Å². The molecule has 1 aromatic carbocycles. The van der Waals surface area contributed by atoms with E-state index < -0.39 is 0 Å². The molecule has 28 heavy (non-hydrogen) atoms. The summed E-state index contributed by atoms with van der Waals surface area (Å²) in [6.07, 6.45) is 7.79. The lowest BCUT2D eigenvalue weighted by atomic mass is 10.1. The van der Waals surface area contributed by atoms with Crippen LogP contribution in [-0.4, -0.2) is 47.5 Å². The van der Waals surface area contributed by atoms with Crippen LogP contribution in [0.5, 0.6) is 0 Å². The molecule has 0 aliphatic carbocycles. The van der Waals surface area contributed by atoms with Crippen molar-refractivity contribution in [1.82, 2.24) is 14.9 Å². The van der Waals surface area contributed by atoms with E-state index in [1.54, 1.807) is 12.4 Å². The van der Waals surface area contributed by atoms with Crippen molar-refractivity contribution in [2.24, 2.45) is 0 Å². The normalized spacial score (nSPS) is 14.0. The van der Waals surface area contributed by atoms with Crippen molar-refractivity contribution in [3.63, 3.8) is 0 Å². The molecule has 0 spiro atoms. The van der Waals surface area contributed by atoms with E-state index in [1.807, 2.05) is 48.5 Å². The number of hydrogen-bond acceptors (Lipinski definition) is 5. The van der Waals surface area contributed by atoms with Crippen LogP contribution in [-0.2, 0) is 11.3 Å². The lowest BCUT2D eigenvalue weighted by molar-refractivity contribution is -0.117. The first-order chi connectivity index (χ1) is 13.7. The number of hydrogen-bond donors (Lipinski definition) is 1. The van der Waals surface area contributed by atoms with Crippen molar-refractivity contribution >= 4 is 28.2 Å². The highest BCUT2D eigenvalue weighted by Gasteiger charge is 2.17. The summed E-state index contributed by atoms with van der Waals surface area (Å²) in [5.41, 5.74) is 4.05. The Labute approximate surface area is 165 Å². The molecule has 1 aliphatic heterocycles. The maximum Gasteiger partial charge on any atom is 0.238 e. The van der Waals surface area contributed by atoms with E-state index in [4.69, 9.17) is 0 Å². The summed E-state index contributed by atoms with van der Waals surface area (Å²) in [5, 5.41) is 4.05. The highest BCUT2D eigenvalue weighted by Crippen LogP contribution is 2.32. The van der Waals surface area contributed by atoms with Crippen LogP contribution in [0.15, 0.2) is 55.0 Å². The molecule has 1 fully saturated rings. The molecular weight excluding hydrogens is 350 g/mol. The molecule has 1 N–H and O–H groups in total. The summed E-state index contributed by atoms with van der Waals surface area (Å²) in [7, 11) is 1.94. The van der Waals surface area contributed by atoms with Crippen molar-refractivity contribution in [3.8, 4) is 0 Å². The molecule has 0 radical (unpaired) electrons. The van der Waals surface area contributed by atoms with Gasteiger partial charge in [-0.3, -0.25) is 19.7 Å². The highest BCUT2D eigenvalue weighted by molar-refractivity contribution is 6.05. The number of amides is 1. The Morgan fingerprint density at radius 1 is 1.11 bits per heavy atom. The molecule has 0 saturated carbocycles. The maximum atomic E-state index is 12.6. The quantitative estimate of drug-likeness (QED) is 0.716. The predicted octanol–water partition coefficient (Wildman–Crippen LogP) is 3.30. The van der Waals surface area contributed by atoms with Crippen LogP contribution in [0.2, 0.25) is 0 Å². The fourth-order valence-corrected chi connectivity index (χ4v) is 3.77. The molecule has 0 bridgehead atoms. The minimum absolute atomic E-state index is 0.0318. The monoisotopic (exact) mass is 375 g/mol. The highest BCUT2D eigenvalue weighted by atomic mass is 16.2. The number of fused-ring (bicyclic) bond motifs is 1. The Morgan fingerprint density at radius 2 is 1.89 bits per heavy atom. The minimum Gasteiger partial charge on any atom is -0.370 e. The number of carbonyl (C=O) groups excluding carboxylic acids is 1. The third-order valence-corrected chi connectivity index (χ3v) is 5.08. The first-order valence-electron chi connectivity index (χ1n) is 9.71. The summed E-state index contributed by atoms with van der Waals surface area (Å²) in [4.78, 5) is 25.6. The summed E-state index contributed by atoms with van der Waals surface area (Å²) >= 11 is 0. The molecule has 1 amide bonds. The van der Waals surface area contributed by atoms with E-state index in [1.165, 1.54) is 12.8 Å². The van der Waals surface area contributed by atoms with E-state index >= 15 is 0 Å². The average molecular weight is 375 g/mol. The summed E-state index contributed by atoms with van der Waals surface area (Å²) in [6.45, 7) is 3.15. The van der Waals surface area contributed by atoms with Gasteiger partial charge in [-0.25, -0.2) is 0 Å². The van der Waals surface area contributed by atoms with Crippen molar-refractivity contribution in [1.29, 1.82) is 0 Å². The molecular formula is C22H25N5O. The minimum atomic E-state index is -0.0318. The van der Waals surface area contributed by atoms with Gasteiger partial charge in [0.15, 0.2) is 0 Å². The number of nitrogens with one attached hydrogen (secondary N) is 1. The number of pyridine rings is 2. The van der Waals surface area contributed by atoms with Crippen molar-refractivity contribution in [2.45, 2.75) is 19.4 Å². The van der Waals surface area contributed by atoms with Gasteiger partial charge in [-0.2, -0.15) is 0 Å². The molecule has 0 unspecified atom stereocenters.